The molecule has 0 aliphatic carbocycles. The van der Waals surface area contributed by atoms with E-state index < -0.39 is 46.7 Å². The fraction of sp³-hybridized carbons (Fsp3) is 0.333. The fourth-order valence-corrected chi connectivity index (χ4v) is 4.02. The number of rotatable bonds is 4. The molecule has 2 heterocycles. The van der Waals surface area contributed by atoms with Gasteiger partial charge >= 0.3 is 17.8 Å². The van der Waals surface area contributed by atoms with Gasteiger partial charge in [-0.3, -0.25) is 0 Å². The second kappa shape index (κ2) is 8.14. The Morgan fingerprint density at radius 2 is 1.71 bits per heavy atom. The zero-order valence-electron chi connectivity index (χ0n) is 18.4. The minimum Gasteiger partial charge on any atom is -0.481 e. The average molecular weight is 478 g/mol. The van der Waals surface area contributed by atoms with E-state index in [0.29, 0.717) is 5.39 Å². The molecule has 0 spiro atoms. The minimum absolute atomic E-state index is 0.0157. The Morgan fingerprint density at radius 3 is 2.32 bits per heavy atom. The lowest BCUT2D eigenvalue weighted by atomic mass is 9.87. The first-order chi connectivity index (χ1) is 15.9. The van der Waals surface area contributed by atoms with Crippen LogP contribution in [0.2, 0.25) is 0 Å². The number of alkyl halides is 3. The highest BCUT2D eigenvalue weighted by atomic mass is 19.4. The van der Waals surface area contributed by atoms with Crippen LogP contribution in [0.5, 0.6) is 5.75 Å². The molecule has 0 saturated carbocycles. The van der Waals surface area contributed by atoms with Crippen LogP contribution in [0.4, 0.5) is 13.2 Å². The summed E-state index contributed by atoms with van der Waals surface area (Å²) in [4.78, 5) is 25.0. The molecule has 34 heavy (non-hydrogen) atoms. The van der Waals surface area contributed by atoms with Crippen molar-refractivity contribution < 1.29 is 41.7 Å². The standard InChI is InChI=1S/C24H21F3O7/c1-22(2)20(29)19(15-11-9-13-10-12-16(28)32-17(13)18(15)34-22)33-21(30)23(31-3,24(25,26)27)14-7-5-4-6-8-14/h4-12,19-20,29H,1-3H3/t19-,20-,23-/m1/s1. The molecule has 3 atom stereocenters. The van der Waals surface area contributed by atoms with Crippen LogP contribution in [-0.4, -0.2) is 36.1 Å². The van der Waals surface area contributed by atoms with Crippen molar-refractivity contribution in [2.24, 2.45) is 0 Å². The van der Waals surface area contributed by atoms with Crippen LogP contribution in [0.25, 0.3) is 11.0 Å². The predicted molar refractivity (Wildman–Crippen MR) is 113 cm³/mol. The van der Waals surface area contributed by atoms with Gasteiger partial charge in [-0.2, -0.15) is 13.2 Å². The third-order valence-corrected chi connectivity index (χ3v) is 5.85. The maximum Gasteiger partial charge on any atom is 0.432 e. The number of carbonyl (C=O) groups excluding carboxylic acids is 1. The zero-order chi connectivity index (χ0) is 24.9. The minimum atomic E-state index is -5.19. The number of aliphatic hydroxyl groups is 1. The van der Waals surface area contributed by atoms with Crippen LogP contribution in [0, 0.1) is 0 Å². The lowest BCUT2D eigenvalue weighted by molar-refractivity contribution is -0.281. The molecule has 180 valence electrons. The van der Waals surface area contributed by atoms with E-state index in [2.05, 4.69) is 0 Å². The van der Waals surface area contributed by atoms with Crippen molar-refractivity contribution in [3.8, 4) is 5.75 Å². The number of methoxy groups -OCH3 is 1. The molecule has 1 aliphatic rings. The lowest BCUT2D eigenvalue weighted by Crippen LogP contribution is -2.55. The van der Waals surface area contributed by atoms with Gasteiger partial charge in [0.25, 0.3) is 5.60 Å². The number of benzene rings is 2. The Kier molecular flexibility index (Phi) is 5.69. The summed E-state index contributed by atoms with van der Waals surface area (Å²) < 4.78 is 64.1. The van der Waals surface area contributed by atoms with E-state index in [1.54, 1.807) is 0 Å². The summed E-state index contributed by atoms with van der Waals surface area (Å²) in [5.74, 6) is -1.78. The SMILES string of the molecule is CO[C@@](C(=O)O[C@@H]1c2ccc3ccc(=O)oc3c2OC(C)(C)[C@@H]1O)(c1ccccc1)C(F)(F)F. The van der Waals surface area contributed by atoms with E-state index in [1.807, 2.05) is 0 Å². The van der Waals surface area contributed by atoms with Gasteiger partial charge in [0.15, 0.2) is 17.4 Å². The average Bonchev–Trinajstić information content (AvgIpc) is 2.77. The fourth-order valence-electron chi connectivity index (χ4n) is 4.02. The molecular weight excluding hydrogens is 457 g/mol. The van der Waals surface area contributed by atoms with Crippen LogP contribution in [-0.2, 0) is 19.9 Å². The summed E-state index contributed by atoms with van der Waals surface area (Å²) in [5.41, 5.74) is -5.96. The van der Waals surface area contributed by atoms with Crippen molar-refractivity contribution in [3.63, 3.8) is 0 Å². The van der Waals surface area contributed by atoms with Crippen LogP contribution < -0.4 is 10.4 Å². The Morgan fingerprint density at radius 1 is 1.06 bits per heavy atom. The molecule has 2 aromatic carbocycles. The van der Waals surface area contributed by atoms with Gasteiger partial charge in [0.1, 0.15) is 11.7 Å². The number of aliphatic hydroxyl groups excluding tert-OH is 1. The molecule has 0 fully saturated rings. The number of ether oxygens (including phenoxy) is 3. The number of halogens is 3. The largest absolute Gasteiger partial charge is 0.481 e. The zero-order valence-corrected chi connectivity index (χ0v) is 18.4. The highest BCUT2D eigenvalue weighted by Crippen LogP contribution is 2.48. The number of hydrogen-bond acceptors (Lipinski definition) is 7. The van der Waals surface area contributed by atoms with Crippen LogP contribution in [0.1, 0.15) is 31.1 Å². The molecule has 0 bridgehead atoms. The first-order valence-electron chi connectivity index (χ1n) is 10.2. The van der Waals surface area contributed by atoms with Crippen molar-refractivity contribution in [2.45, 2.75) is 43.4 Å². The Balaban J connectivity index is 1.86. The number of esters is 1. The van der Waals surface area contributed by atoms with E-state index >= 15 is 0 Å². The van der Waals surface area contributed by atoms with Gasteiger partial charge in [-0.15, -0.1) is 0 Å². The maximum atomic E-state index is 14.3. The highest BCUT2D eigenvalue weighted by Gasteiger charge is 2.65. The third kappa shape index (κ3) is 3.63. The summed E-state index contributed by atoms with van der Waals surface area (Å²) in [5, 5.41) is 11.4. The van der Waals surface area contributed by atoms with Gasteiger partial charge in [0.2, 0.25) is 0 Å². The molecule has 0 unspecified atom stereocenters. The summed E-state index contributed by atoms with van der Waals surface area (Å²) in [6.45, 7) is 2.93. The molecule has 1 aliphatic heterocycles. The van der Waals surface area contributed by atoms with E-state index in [0.717, 1.165) is 19.2 Å². The predicted octanol–water partition coefficient (Wildman–Crippen LogP) is 4.01. The molecule has 3 aromatic rings. The molecule has 0 amide bonds. The molecule has 0 radical (unpaired) electrons. The molecule has 0 saturated heterocycles. The highest BCUT2D eigenvalue weighted by molar-refractivity contribution is 5.86. The number of hydrogen-bond donors (Lipinski definition) is 1. The molecule has 1 N–H and O–H groups in total. The van der Waals surface area contributed by atoms with Crippen molar-refractivity contribution >= 4 is 16.9 Å². The summed E-state index contributed by atoms with van der Waals surface area (Å²) in [6, 6.07) is 12.0. The topological polar surface area (TPSA) is 95.2 Å². The van der Waals surface area contributed by atoms with E-state index in [4.69, 9.17) is 18.6 Å². The summed E-state index contributed by atoms with van der Waals surface area (Å²) in [6.07, 6.45) is -8.33. The van der Waals surface area contributed by atoms with Gasteiger partial charge in [0, 0.05) is 29.7 Å². The Hall–Kier alpha value is -3.37. The maximum absolute atomic E-state index is 14.3. The van der Waals surface area contributed by atoms with Crippen molar-refractivity contribution in [2.75, 3.05) is 7.11 Å². The van der Waals surface area contributed by atoms with Crippen molar-refractivity contribution in [1.29, 1.82) is 0 Å². The van der Waals surface area contributed by atoms with E-state index in [9.17, 15) is 27.9 Å². The van der Waals surface area contributed by atoms with Gasteiger partial charge in [0.05, 0.1) is 0 Å². The first kappa shape index (κ1) is 23.8. The number of carbonyl (C=O) groups is 1. The monoisotopic (exact) mass is 478 g/mol. The molecule has 1 aromatic heterocycles. The molecular formula is C24H21F3O7. The molecule has 10 heteroatoms. The van der Waals surface area contributed by atoms with Crippen molar-refractivity contribution in [1.82, 2.24) is 0 Å². The van der Waals surface area contributed by atoms with Crippen molar-refractivity contribution in [3.05, 3.63) is 76.1 Å². The van der Waals surface area contributed by atoms with Crippen LogP contribution >= 0.6 is 0 Å². The third-order valence-electron chi connectivity index (χ3n) is 5.85. The number of fused-ring (bicyclic) bond motifs is 3. The van der Waals surface area contributed by atoms with Gasteiger partial charge in [-0.05, 0) is 19.9 Å². The quantitative estimate of drug-likeness (QED) is 0.447. The normalized spacial score (nSPS) is 21.3. The van der Waals surface area contributed by atoms with Gasteiger partial charge in [-0.25, -0.2) is 9.59 Å². The molecule has 7 nitrogen and oxygen atoms in total. The summed E-state index contributed by atoms with van der Waals surface area (Å²) >= 11 is 0. The summed E-state index contributed by atoms with van der Waals surface area (Å²) in [7, 11) is 0.752. The van der Waals surface area contributed by atoms with E-state index in [-0.39, 0.29) is 16.9 Å². The smallest absolute Gasteiger partial charge is 0.432 e. The Labute approximate surface area is 191 Å². The molecule has 4 rings (SSSR count). The van der Waals surface area contributed by atoms with Crippen LogP contribution in [0.15, 0.2) is 63.8 Å². The Bertz CT molecular complexity index is 1280. The second-order valence-corrected chi connectivity index (χ2v) is 8.38. The van der Waals surface area contributed by atoms with Gasteiger partial charge < -0.3 is 23.7 Å². The first-order valence-corrected chi connectivity index (χ1v) is 10.2. The lowest BCUT2D eigenvalue weighted by Gasteiger charge is -2.42. The van der Waals surface area contributed by atoms with Gasteiger partial charge in [-0.1, -0.05) is 42.5 Å². The van der Waals surface area contributed by atoms with Crippen LogP contribution in [0.3, 0.4) is 0 Å². The van der Waals surface area contributed by atoms with E-state index in [1.165, 1.54) is 56.3 Å². The second-order valence-electron chi connectivity index (χ2n) is 8.38.